The van der Waals surface area contributed by atoms with E-state index in [0.29, 0.717) is 17.4 Å². The van der Waals surface area contributed by atoms with E-state index in [1.807, 2.05) is 0 Å². The standard InChI is InChI=1S/C12H15N3O.ClH/c13-9-2-5-11(14)8(7-9)1-6-12(16)15-10-3-4-10;/h1-2,5-7,10H,3-4,13-14H2,(H,15,16);1H. The van der Waals surface area contributed by atoms with Crippen molar-refractivity contribution in [2.24, 2.45) is 0 Å². The van der Waals surface area contributed by atoms with E-state index in [0.717, 1.165) is 18.4 Å². The van der Waals surface area contributed by atoms with Crippen molar-refractivity contribution in [3.05, 3.63) is 29.8 Å². The maximum Gasteiger partial charge on any atom is 0.244 e. The van der Waals surface area contributed by atoms with Crippen LogP contribution in [0.15, 0.2) is 24.3 Å². The third kappa shape index (κ3) is 4.00. The Morgan fingerprint density at radius 1 is 1.35 bits per heavy atom. The highest BCUT2D eigenvalue weighted by molar-refractivity contribution is 5.93. The van der Waals surface area contributed by atoms with Crippen molar-refractivity contribution >= 4 is 35.8 Å². The molecule has 0 aromatic heterocycles. The first-order chi connectivity index (χ1) is 7.65. The van der Waals surface area contributed by atoms with Gasteiger partial charge in [0.2, 0.25) is 5.91 Å². The van der Waals surface area contributed by atoms with Crippen molar-refractivity contribution in [2.75, 3.05) is 11.5 Å². The lowest BCUT2D eigenvalue weighted by molar-refractivity contribution is -0.116. The Hall–Kier alpha value is -1.68. The number of carbonyl (C=O) groups is 1. The summed E-state index contributed by atoms with van der Waals surface area (Å²) in [5.74, 6) is -0.0793. The summed E-state index contributed by atoms with van der Waals surface area (Å²) in [6, 6.07) is 5.58. The lowest BCUT2D eigenvalue weighted by Crippen LogP contribution is -2.22. The van der Waals surface area contributed by atoms with Crippen LogP contribution in [0.1, 0.15) is 18.4 Å². The maximum absolute atomic E-state index is 11.4. The zero-order chi connectivity index (χ0) is 11.5. The van der Waals surface area contributed by atoms with E-state index in [9.17, 15) is 4.79 Å². The fourth-order valence-corrected chi connectivity index (χ4v) is 1.38. The molecule has 0 radical (unpaired) electrons. The monoisotopic (exact) mass is 253 g/mol. The van der Waals surface area contributed by atoms with Gasteiger partial charge in [-0.15, -0.1) is 12.4 Å². The van der Waals surface area contributed by atoms with Gasteiger partial charge in [-0.2, -0.15) is 0 Å². The number of rotatable bonds is 3. The molecule has 1 aromatic rings. The van der Waals surface area contributed by atoms with E-state index in [1.54, 1.807) is 24.3 Å². The lowest BCUT2D eigenvalue weighted by Gasteiger charge is -2.01. The highest BCUT2D eigenvalue weighted by atomic mass is 35.5. The number of hydrogen-bond donors (Lipinski definition) is 3. The number of nitrogens with one attached hydrogen (secondary N) is 1. The van der Waals surface area contributed by atoms with Crippen molar-refractivity contribution in [1.82, 2.24) is 5.32 Å². The highest BCUT2D eigenvalue weighted by Gasteiger charge is 2.21. The van der Waals surface area contributed by atoms with Gasteiger partial charge in [0, 0.05) is 23.5 Å². The summed E-state index contributed by atoms with van der Waals surface area (Å²) in [5.41, 5.74) is 13.4. The van der Waals surface area contributed by atoms with Gasteiger partial charge in [0.05, 0.1) is 0 Å². The minimum atomic E-state index is -0.0793. The molecule has 1 saturated carbocycles. The van der Waals surface area contributed by atoms with Crippen LogP contribution in [-0.2, 0) is 4.79 Å². The van der Waals surface area contributed by atoms with Gasteiger partial charge in [0.15, 0.2) is 0 Å². The lowest BCUT2D eigenvalue weighted by atomic mass is 10.1. The molecule has 1 amide bonds. The van der Waals surface area contributed by atoms with Crippen LogP contribution in [0.2, 0.25) is 0 Å². The van der Waals surface area contributed by atoms with Gasteiger partial charge in [-0.1, -0.05) is 0 Å². The molecule has 1 aliphatic carbocycles. The first kappa shape index (κ1) is 13.4. The third-order valence-electron chi connectivity index (χ3n) is 2.45. The zero-order valence-corrected chi connectivity index (χ0v) is 10.2. The summed E-state index contributed by atoms with van der Waals surface area (Å²) in [4.78, 5) is 11.4. The second kappa shape index (κ2) is 5.59. The summed E-state index contributed by atoms with van der Waals surface area (Å²) in [6.45, 7) is 0. The van der Waals surface area contributed by atoms with Gasteiger partial charge in [0.1, 0.15) is 0 Å². The second-order valence-electron chi connectivity index (χ2n) is 4.00. The molecule has 1 aromatic carbocycles. The minimum Gasteiger partial charge on any atom is -0.399 e. The Kier molecular flexibility index (Phi) is 4.40. The molecule has 92 valence electrons. The maximum atomic E-state index is 11.4. The average Bonchev–Trinajstić information content (AvgIpc) is 3.03. The summed E-state index contributed by atoms with van der Waals surface area (Å²) in [7, 11) is 0. The molecule has 0 bridgehead atoms. The van der Waals surface area contributed by atoms with E-state index in [2.05, 4.69) is 5.32 Å². The SMILES string of the molecule is Cl.Nc1ccc(N)c(C=CC(=O)NC2CC2)c1. The van der Waals surface area contributed by atoms with E-state index < -0.39 is 0 Å². The molecule has 1 fully saturated rings. The van der Waals surface area contributed by atoms with Crippen molar-refractivity contribution in [3.8, 4) is 0 Å². The number of hydrogen-bond acceptors (Lipinski definition) is 3. The first-order valence-electron chi connectivity index (χ1n) is 5.29. The van der Waals surface area contributed by atoms with Crippen LogP contribution in [0.5, 0.6) is 0 Å². The number of anilines is 2. The molecule has 0 unspecified atom stereocenters. The Morgan fingerprint density at radius 2 is 2.06 bits per heavy atom. The van der Waals surface area contributed by atoms with Crippen LogP contribution in [0.4, 0.5) is 11.4 Å². The highest BCUT2D eigenvalue weighted by Crippen LogP contribution is 2.19. The second-order valence-corrected chi connectivity index (χ2v) is 4.00. The number of nitrogens with two attached hydrogens (primary N) is 2. The van der Waals surface area contributed by atoms with Crippen LogP contribution < -0.4 is 16.8 Å². The predicted octanol–water partition coefficient (Wildman–Crippen LogP) is 1.56. The first-order valence-corrected chi connectivity index (χ1v) is 5.29. The topological polar surface area (TPSA) is 81.1 Å². The van der Waals surface area contributed by atoms with Crippen LogP contribution in [-0.4, -0.2) is 11.9 Å². The fraction of sp³-hybridized carbons (Fsp3) is 0.250. The number of halogens is 1. The molecule has 0 atom stereocenters. The third-order valence-corrected chi connectivity index (χ3v) is 2.45. The minimum absolute atomic E-state index is 0. The van der Waals surface area contributed by atoms with Gasteiger partial charge >= 0.3 is 0 Å². The largest absolute Gasteiger partial charge is 0.399 e. The van der Waals surface area contributed by atoms with Gasteiger partial charge in [-0.05, 0) is 42.7 Å². The molecular weight excluding hydrogens is 238 g/mol. The number of amides is 1. The summed E-state index contributed by atoms with van der Waals surface area (Å²) in [5, 5.41) is 2.86. The predicted molar refractivity (Wildman–Crippen MR) is 72.7 cm³/mol. The molecule has 0 spiro atoms. The quantitative estimate of drug-likeness (QED) is 0.565. The zero-order valence-electron chi connectivity index (χ0n) is 9.35. The normalized spacial score (nSPS) is 14.4. The molecule has 0 aliphatic heterocycles. The van der Waals surface area contributed by atoms with Crippen LogP contribution in [0.25, 0.3) is 6.08 Å². The molecule has 0 saturated heterocycles. The van der Waals surface area contributed by atoms with Crippen molar-refractivity contribution in [1.29, 1.82) is 0 Å². The summed E-state index contributed by atoms with van der Waals surface area (Å²) in [6.07, 6.45) is 5.34. The van der Waals surface area contributed by atoms with E-state index in [4.69, 9.17) is 11.5 Å². The fourth-order valence-electron chi connectivity index (χ4n) is 1.38. The number of carbonyl (C=O) groups excluding carboxylic acids is 1. The van der Waals surface area contributed by atoms with Gasteiger partial charge in [-0.25, -0.2) is 0 Å². The Bertz CT molecular complexity index is 441. The Labute approximate surface area is 106 Å². The molecular formula is C12H16ClN3O. The van der Waals surface area contributed by atoms with Gasteiger partial charge < -0.3 is 16.8 Å². The summed E-state index contributed by atoms with van der Waals surface area (Å²) >= 11 is 0. The van der Waals surface area contributed by atoms with Crippen LogP contribution >= 0.6 is 12.4 Å². The van der Waals surface area contributed by atoms with Crippen molar-refractivity contribution in [2.45, 2.75) is 18.9 Å². The van der Waals surface area contributed by atoms with Crippen LogP contribution in [0, 0.1) is 0 Å². The van der Waals surface area contributed by atoms with Gasteiger partial charge in [0.25, 0.3) is 0 Å². The smallest absolute Gasteiger partial charge is 0.244 e. The summed E-state index contributed by atoms with van der Waals surface area (Å²) < 4.78 is 0. The Morgan fingerprint density at radius 3 is 2.71 bits per heavy atom. The molecule has 5 N–H and O–H groups in total. The molecule has 0 heterocycles. The van der Waals surface area contributed by atoms with Crippen molar-refractivity contribution < 1.29 is 4.79 Å². The average molecular weight is 254 g/mol. The molecule has 17 heavy (non-hydrogen) atoms. The van der Waals surface area contributed by atoms with Crippen molar-refractivity contribution in [3.63, 3.8) is 0 Å². The van der Waals surface area contributed by atoms with E-state index >= 15 is 0 Å². The molecule has 4 nitrogen and oxygen atoms in total. The number of nitrogen functional groups attached to an aromatic ring is 2. The van der Waals surface area contributed by atoms with E-state index in [1.165, 1.54) is 6.08 Å². The molecule has 2 rings (SSSR count). The van der Waals surface area contributed by atoms with Crippen LogP contribution in [0.3, 0.4) is 0 Å². The number of benzene rings is 1. The Balaban J connectivity index is 0.00000144. The van der Waals surface area contributed by atoms with E-state index in [-0.39, 0.29) is 18.3 Å². The molecule has 1 aliphatic rings. The van der Waals surface area contributed by atoms with Gasteiger partial charge in [-0.3, -0.25) is 4.79 Å². The molecule has 5 heteroatoms.